The highest BCUT2D eigenvalue weighted by molar-refractivity contribution is 5.77. The third-order valence-corrected chi connectivity index (χ3v) is 5.27. The predicted molar refractivity (Wildman–Crippen MR) is 113 cm³/mol. The van der Waals surface area contributed by atoms with Crippen molar-refractivity contribution in [3.05, 3.63) is 54.2 Å². The average Bonchev–Trinajstić information content (AvgIpc) is 2.71. The summed E-state index contributed by atoms with van der Waals surface area (Å²) in [7, 11) is 0. The highest BCUT2D eigenvalue weighted by atomic mass is 16.5. The molecule has 28 heavy (non-hydrogen) atoms. The molecule has 0 spiro atoms. The zero-order valence-corrected chi connectivity index (χ0v) is 17.1. The molecule has 2 heterocycles. The quantitative estimate of drug-likeness (QED) is 0.827. The van der Waals surface area contributed by atoms with Gasteiger partial charge in [0.05, 0.1) is 0 Å². The van der Waals surface area contributed by atoms with Crippen LogP contribution in [0, 0.1) is 5.92 Å². The van der Waals surface area contributed by atoms with Crippen molar-refractivity contribution in [1.82, 2.24) is 10.3 Å². The molecule has 3 rings (SSSR count). The Balaban J connectivity index is 1.36. The summed E-state index contributed by atoms with van der Waals surface area (Å²) in [6.45, 7) is 9.26. The first-order chi connectivity index (χ1) is 13.4. The molecule has 0 saturated carbocycles. The molecule has 1 N–H and O–H groups in total. The van der Waals surface area contributed by atoms with E-state index in [0.717, 1.165) is 37.5 Å². The molecule has 5 nitrogen and oxygen atoms in total. The summed E-state index contributed by atoms with van der Waals surface area (Å²) in [4.78, 5) is 18.8. The van der Waals surface area contributed by atoms with Crippen molar-refractivity contribution in [3.63, 3.8) is 0 Å². The van der Waals surface area contributed by atoms with E-state index in [1.165, 1.54) is 5.56 Å². The lowest BCUT2D eigenvalue weighted by Gasteiger charge is -2.32. The van der Waals surface area contributed by atoms with Crippen molar-refractivity contribution in [2.24, 2.45) is 5.92 Å². The second-order valence-corrected chi connectivity index (χ2v) is 8.49. The zero-order valence-electron chi connectivity index (χ0n) is 17.1. The van der Waals surface area contributed by atoms with Gasteiger partial charge in [0, 0.05) is 25.8 Å². The van der Waals surface area contributed by atoms with Gasteiger partial charge >= 0.3 is 0 Å². The van der Waals surface area contributed by atoms with Crippen molar-refractivity contribution in [1.29, 1.82) is 0 Å². The van der Waals surface area contributed by atoms with Crippen molar-refractivity contribution in [2.45, 2.75) is 39.0 Å². The van der Waals surface area contributed by atoms with Crippen LogP contribution in [0.5, 0.6) is 5.75 Å². The molecule has 1 amide bonds. The van der Waals surface area contributed by atoms with Gasteiger partial charge in [0.25, 0.3) is 5.91 Å². The van der Waals surface area contributed by atoms with Gasteiger partial charge in [-0.15, -0.1) is 0 Å². The molecule has 0 unspecified atom stereocenters. The molecule has 0 aliphatic carbocycles. The number of carbonyl (C=O) groups is 1. The number of hydrogen-bond donors (Lipinski definition) is 1. The minimum Gasteiger partial charge on any atom is -0.484 e. The number of ether oxygens (including phenoxy) is 1. The first-order valence-corrected chi connectivity index (χ1v) is 10.1. The fourth-order valence-corrected chi connectivity index (χ4v) is 3.42. The number of anilines is 1. The van der Waals surface area contributed by atoms with Crippen LogP contribution in [0.4, 0.5) is 5.82 Å². The number of hydrogen-bond acceptors (Lipinski definition) is 4. The Labute approximate surface area is 168 Å². The van der Waals surface area contributed by atoms with Crippen LogP contribution in [0.25, 0.3) is 0 Å². The molecule has 1 aliphatic heterocycles. The summed E-state index contributed by atoms with van der Waals surface area (Å²) in [5.41, 5.74) is 1.36. The van der Waals surface area contributed by atoms with E-state index in [-0.39, 0.29) is 17.9 Å². The highest BCUT2D eigenvalue weighted by Crippen LogP contribution is 2.24. The lowest BCUT2D eigenvalue weighted by molar-refractivity contribution is -0.123. The van der Waals surface area contributed by atoms with Crippen LogP contribution in [0.3, 0.4) is 0 Å². The van der Waals surface area contributed by atoms with Crippen LogP contribution in [0.2, 0.25) is 0 Å². The number of piperidine rings is 1. The standard InChI is InChI=1S/C23H31N3O2/c1-23(2,3)19-7-9-20(10-8-19)28-17-22(27)25-16-18-11-14-26(15-12-18)21-6-4-5-13-24-21/h4-10,13,18H,11-12,14-17H2,1-3H3,(H,25,27). The van der Waals surface area contributed by atoms with Gasteiger partial charge in [-0.05, 0) is 54.0 Å². The maximum Gasteiger partial charge on any atom is 0.257 e. The lowest BCUT2D eigenvalue weighted by Crippen LogP contribution is -2.40. The maximum absolute atomic E-state index is 12.1. The Hall–Kier alpha value is -2.56. The third-order valence-electron chi connectivity index (χ3n) is 5.27. The van der Waals surface area contributed by atoms with Crippen LogP contribution >= 0.6 is 0 Å². The van der Waals surface area contributed by atoms with Gasteiger partial charge in [-0.2, -0.15) is 0 Å². The Bertz CT molecular complexity index is 746. The fraction of sp³-hybridized carbons (Fsp3) is 0.478. The molecular formula is C23H31N3O2. The number of nitrogens with zero attached hydrogens (tertiary/aromatic N) is 2. The fourth-order valence-electron chi connectivity index (χ4n) is 3.42. The van der Waals surface area contributed by atoms with Gasteiger partial charge in [0.1, 0.15) is 11.6 Å². The molecule has 1 aromatic carbocycles. The number of nitrogens with one attached hydrogen (secondary N) is 1. The number of benzene rings is 1. The minimum atomic E-state index is -0.0629. The number of carbonyl (C=O) groups excluding carboxylic acids is 1. The second-order valence-electron chi connectivity index (χ2n) is 8.49. The smallest absolute Gasteiger partial charge is 0.257 e. The summed E-state index contributed by atoms with van der Waals surface area (Å²) in [5.74, 6) is 2.21. The Morgan fingerprint density at radius 2 is 1.86 bits per heavy atom. The highest BCUT2D eigenvalue weighted by Gasteiger charge is 2.20. The van der Waals surface area contributed by atoms with Crippen molar-refractivity contribution >= 4 is 11.7 Å². The van der Waals surface area contributed by atoms with E-state index in [9.17, 15) is 4.79 Å². The molecule has 150 valence electrons. The molecule has 2 aromatic rings. The topological polar surface area (TPSA) is 54.5 Å². The third kappa shape index (κ3) is 5.72. The van der Waals surface area contributed by atoms with Crippen LogP contribution in [0.1, 0.15) is 39.2 Å². The number of rotatable bonds is 6. The number of amides is 1. The number of pyridine rings is 1. The van der Waals surface area contributed by atoms with E-state index in [1.54, 1.807) is 0 Å². The van der Waals surface area contributed by atoms with E-state index < -0.39 is 0 Å². The molecule has 1 aliphatic rings. The molecule has 5 heteroatoms. The van der Waals surface area contributed by atoms with Crippen molar-refractivity contribution < 1.29 is 9.53 Å². The van der Waals surface area contributed by atoms with Gasteiger partial charge in [-0.1, -0.05) is 39.0 Å². The molecule has 1 aromatic heterocycles. The Morgan fingerprint density at radius 1 is 1.14 bits per heavy atom. The van der Waals surface area contributed by atoms with Crippen molar-refractivity contribution in [2.75, 3.05) is 31.1 Å². The van der Waals surface area contributed by atoms with E-state index in [0.29, 0.717) is 12.5 Å². The summed E-state index contributed by atoms with van der Waals surface area (Å²) in [6.07, 6.45) is 3.95. The summed E-state index contributed by atoms with van der Waals surface area (Å²) >= 11 is 0. The summed E-state index contributed by atoms with van der Waals surface area (Å²) < 4.78 is 5.62. The largest absolute Gasteiger partial charge is 0.484 e. The molecular weight excluding hydrogens is 350 g/mol. The first-order valence-electron chi connectivity index (χ1n) is 10.1. The second kappa shape index (κ2) is 9.09. The molecule has 0 bridgehead atoms. The van der Waals surface area contributed by atoms with E-state index in [2.05, 4.69) is 48.1 Å². The maximum atomic E-state index is 12.1. The van der Waals surface area contributed by atoms with Crippen LogP contribution in [-0.2, 0) is 10.2 Å². The van der Waals surface area contributed by atoms with E-state index >= 15 is 0 Å². The molecule has 0 atom stereocenters. The van der Waals surface area contributed by atoms with Crippen molar-refractivity contribution in [3.8, 4) is 5.75 Å². The number of aromatic nitrogens is 1. The van der Waals surface area contributed by atoms with E-state index in [4.69, 9.17) is 4.74 Å². The minimum absolute atomic E-state index is 0.0572. The van der Waals surface area contributed by atoms with E-state index in [1.807, 2.05) is 36.5 Å². The van der Waals surface area contributed by atoms with Gasteiger partial charge in [0.2, 0.25) is 0 Å². The molecule has 0 radical (unpaired) electrons. The van der Waals surface area contributed by atoms with Gasteiger partial charge in [-0.3, -0.25) is 4.79 Å². The van der Waals surface area contributed by atoms with Crippen LogP contribution in [-0.4, -0.2) is 37.1 Å². The Kier molecular flexibility index (Phi) is 6.55. The normalized spacial score (nSPS) is 15.3. The first kappa shape index (κ1) is 20.2. The summed E-state index contributed by atoms with van der Waals surface area (Å²) in [6, 6.07) is 14.0. The molecule has 1 fully saturated rings. The van der Waals surface area contributed by atoms with Gasteiger partial charge in [-0.25, -0.2) is 4.98 Å². The zero-order chi connectivity index (χ0) is 20.0. The van der Waals surface area contributed by atoms with Gasteiger partial charge < -0.3 is 15.0 Å². The molecule has 1 saturated heterocycles. The SMILES string of the molecule is CC(C)(C)c1ccc(OCC(=O)NCC2CCN(c3ccccn3)CC2)cc1. The summed E-state index contributed by atoms with van der Waals surface area (Å²) in [5, 5.41) is 3.01. The average molecular weight is 382 g/mol. The predicted octanol–water partition coefficient (Wildman–Crippen LogP) is 3.79. The van der Waals surface area contributed by atoms with Crippen LogP contribution in [0.15, 0.2) is 48.7 Å². The van der Waals surface area contributed by atoms with Crippen LogP contribution < -0.4 is 15.0 Å². The van der Waals surface area contributed by atoms with Gasteiger partial charge in [0.15, 0.2) is 6.61 Å². The lowest BCUT2D eigenvalue weighted by atomic mass is 9.87. The monoisotopic (exact) mass is 381 g/mol. The Morgan fingerprint density at radius 3 is 2.46 bits per heavy atom.